The summed E-state index contributed by atoms with van der Waals surface area (Å²) in [6, 6.07) is 5.42. The molecule has 0 spiro atoms. The predicted octanol–water partition coefficient (Wildman–Crippen LogP) is 2.14. The molecule has 0 saturated carbocycles. The van der Waals surface area contributed by atoms with Crippen LogP contribution in [0.25, 0.3) is 0 Å². The average Bonchev–Trinajstić information content (AvgIpc) is 2.86. The molecule has 1 aromatic carbocycles. The molecular weight excluding hydrogens is 327 g/mol. The Morgan fingerprint density at radius 2 is 1.92 bits per heavy atom. The van der Waals surface area contributed by atoms with Crippen LogP contribution in [0.2, 0.25) is 0 Å². The van der Waals surface area contributed by atoms with Crippen molar-refractivity contribution in [3.63, 3.8) is 0 Å². The van der Waals surface area contributed by atoms with Crippen molar-refractivity contribution in [1.82, 2.24) is 10.3 Å². The van der Waals surface area contributed by atoms with Gasteiger partial charge in [0.15, 0.2) is 5.78 Å². The number of nitrogens with one attached hydrogen (secondary N) is 2. The summed E-state index contributed by atoms with van der Waals surface area (Å²) >= 11 is 0. The maximum Gasteiger partial charge on any atom is 0.268 e. The van der Waals surface area contributed by atoms with Gasteiger partial charge in [0.2, 0.25) is 0 Å². The third kappa shape index (κ3) is 4.67. The van der Waals surface area contributed by atoms with E-state index in [9.17, 15) is 19.1 Å². The van der Waals surface area contributed by atoms with Gasteiger partial charge in [-0.05, 0) is 50.6 Å². The van der Waals surface area contributed by atoms with E-state index in [2.05, 4.69) is 10.3 Å². The number of aliphatic hydroxyl groups excluding tert-OH is 1. The normalized spacial score (nSPS) is 11.9. The lowest BCUT2D eigenvalue weighted by Gasteiger charge is -2.13. The third-order valence-electron chi connectivity index (χ3n) is 3.77. The molecule has 1 heterocycles. The van der Waals surface area contributed by atoms with Crippen LogP contribution in [0.4, 0.5) is 4.39 Å². The predicted molar refractivity (Wildman–Crippen MR) is 90.5 cm³/mol. The van der Waals surface area contributed by atoms with Crippen molar-refractivity contribution in [1.29, 1.82) is 0 Å². The highest BCUT2D eigenvalue weighted by Crippen LogP contribution is 2.18. The van der Waals surface area contributed by atoms with Gasteiger partial charge < -0.3 is 20.1 Å². The van der Waals surface area contributed by atoms with E-state index in [1.165, 1.54) is 31.2 Å². The van der Waals surface area contributed by atoms with Gasteiger partial charge in [-0.1, -0.05) is 0 Å². The molecule has 0 saturated heterocycles. The molecule has 3 N–H and O–H groups in total. The van der Waals surface area contributed by atoms with Gasteiger partial charge in [-0.25, -0.2) is 4.39 Å². The molecule has 6 nitrogen and oxygen atoms in total. The molecule has 0 fully saturated rings. The topological polar surface area (TPSA) is 91.4 Å². The minimum atomic E-state index is -0.933. The zero-order valence-corrected chi connectivity index (χ0v) is 14.4. The Morgan fingerprint density at radius 1 is 1.28 bits per heavy atom. The SMILES string of the molecule is CC(=O)c1c(C)[nH]c(C(=O)NCC(O)COc2ccc(F)cc2)c1C. The molecule has 1 amide bonds. The van der Waals surface area contributed by atoms with E-state index >= 15 is 0 Å². The fourth-order valence-corrected chi connectivity index (χ4v) is 2.59. The number of H-pyrrole nitrogens is 1. The first-order chi connectivity index (χ1) is 11.8. The number of carbonyl (C=O) groups is 2. The molecule has 0 bridgehead atoms. The number of hydrogen-bond acceptors (Lipinski definition) is 4. The minimum absolute atomic E-state index is 0.0209. The fraction of sp³-hybridized carbons (Fsp3) is 0.333. The lowest BCUT2D eigenvalue weighted by molar-refractivity contribution is 0.0839. The zero-order valence-electron chi connectivity index (χ0n) is 14.4. The smallest absolute Gasteiger partial charge is 0.268 e. The summed E-state index contributed by atoms with van der Waals surface area (Å²) in [4.78, 5) is 26.7. The summed E-state index contributed by atoms with van der Waals surface area (Å²) in [6.45, 7) is 4.80. The Balaban J connectivity index is 1.88. The summed E-state index contributed by atoms with van der Waals surface area (Å²) in [5, 5.41) is 12.5. The Hall–Kier alpha value is -2.67. The van der Waals surface area contributed by atoms with E-state index < -0.39 is 12.0 Å². The number of hydrogen-bond donors (Lipinski definition) is 3. The third-order valence-corrected chi connectivity index (χ3v) is 3.77. The maximum atomic E-state index is 12.8. The summed E-state index contributed by atoms with van der Waals surface area (Å²) in [6.07, 6.45) is -0.933. The zero-order chi connectivity index (χ0) is 18.6. The number of halogens is 1. The van der Waals surface area contributed by atoms with Crippen LogP contribution in [-0.4, -0.2) is 41.0 Å². The number of benzene rings is 1. The summed E-state index contributed by atoms with van der Waals surface area (Å²) in [7, 11) is 0. The highest BCUT2D eigenvalue weighted by molar-refractivity contribution is 6.02. The van der Waals surface area contributed by atoms with E-state index in [0.717, 1.165) is 0 Å². The van der Waals surface area contributed by atoms with Gasteiger partial charge in [0.25, 0.3) is 5.91 Å². The standard InChI is InChI=1S/C18H21FN2O4/c1-10-16(12(3)22)11(2)21-17(10)18(24)20-8-14(23)9-25-15-6-4-13(19)5-7-15/h4-7,14,21,23H,8-9H2,1-3H3,(H,20,24). The van der Waals surface area contributed by atoms with E-state index in [4.69, 9.17) is 4.74 Å². The fourth-order valence-electron chi connectivity index (χ4n) is 2.59. The van der Waals surface area contributed by atoms with Crippen molar-refractivity contribution >= 4 is 11.7 Å². The van der Waals surface area contributed by atoms with Crippen molar-refractivity contribution < 1.29 is 23.8 Å². The van der Waals surface area contributed by atoms with E-state index in [0.29, 0.717) is 28.3 Å². The monoisotopic (exact) mass is 348 g/mol. The maximum absolute atomic E-state index is 12.8. The molecule has 1 atom stereocenters. The van der Waals surface area contributed by atoms with Crippen LogP contribution in [0, 0.1) is 19.7 Å². The molecule has 134 valence electrons. The first kappa shape index (κ1) is 18.7. The lowest BCUT2D eigenvalue weighted by atomic mass is 10.1. The number of aromatic nitrogens is 1. The Bertz CT molecular complexity index is 768. The van der Waals surface area contributed by atoms with Gasteiger partial charge in [-0.2, -0.15) is 0 Å². The number of aromatic amines is 1. The van der Waals surface area contributed by atoms with Crippen molar-refractivity contribution in [3.8, 4) is 5.75 Å². The van der Waals surface area contributed by atoms with Crippen molar-refractivity contribution in [2.75, 3.05) is 13.2 Å². The average molecular weight is 348 g/mol. The number of carbonyl (C=O) groups excluding carboxylic acids is 2. The van der Waals surface area contributed by atoms with Crippen LogP contribution in [0.15, 0.2) is 24.3 Å². The van der Waals surface area contributed by atoms with Gasteiger partial charge in [-0.15, -0.1) is 0 Å². The molecule has 1 unspecified atom stereocenters. The molecular formula is C18H21FN2O4. The number of ketones is 1. The number of aliphatic hydroxyl groups is 1. The number of amides is 1. The second-order valence-electron chi connectivity index (χ2n) is 5.81. The van der Waals surface area contributed by atoms with Crippen LogP contribution < -0.4 is 10.1 Å². The molecule has 0 radical (unpaired) electrons. The molecule has 2 aromatic rings. The second-order valence-corrected chi connectivity index (χ2v) is 5.81. The highest BCUT2D eigenvalue weighted by atomic mass is 19.1. The molecule has 0 aliphatic rings. The highest BCUT2D eigenvalue weighted by Gasteiger charge is 2.20. The molecule has 2 rings (SSSR count). The van der Waals surface area contributed by atoms with Crippen molar-refractivity contribution in [3.05, 3.63) is 52.6 Å². The number of aryl methyl sites for hydroxylation is 1. The van der Waals surface area contributed by atoms with E-state index in [1.54, 1.807) is 13.8 Å². The van der Waals surface area contributed by atoms with Crippen molar-refractivity contribution in [2.45, 2.75) is 26.9 Å². The number of Topliss-reactive ketones (excluding diaryl/α,β-unsaturated/α-hetero) is 1. The second kappa shape index (κ2) is 7.94. The van der Waals surface area contributed by atoms with Gasteiger partial charge >= 0.3 is 0 Å². The Morgan fingerprint density at radius 3 is 2.48 bits per heavy atom. The lowest BCUT2D eigenvalue weighted by Crippen LogP contribution is -2.35. The van der Waals surface area contributed by atoms with Gasteiger partial charge in [0, 0.05) is 17.8 Å². The van der Waals surface area contributed by atoms with Gasteiger partial charge in [0.05, 0.1) is 0 Å². The number of rotatable bonds is 7. The minimum Gasteiger partial charge on any atom is -0.491 e. The van der Waals surface area contributed by atoms with E-state index in [-0.39, 0.29) is 24.8 Å². The molecule has 1 aromatic heterocycles. The van der Waals surface area contributed by atoms with Gasteiger partial charge in [0.1, 0.15) is 30.0 Å². The van der Waals surface area contributed by atoms with Crippen molar-refractivity contribution in [2.24, 2.45) is 0 Å². The summed E-state index contributed by atoms with van der Waals surface area (Å²) < 4.78 is 18.1. The van der Waals surface area contributed by atoms with E-state index in [1.807, 2.05) is 0 Å². The van der Waals surface area contributed by atoms with Crippen LogP contribution in [0.1, 0.15) is 39.0 Å². The molecule has 0 aliphatic heterocycles. The number of ether oxygens (including phenoxy) is 1. The van der Waals surface area contributed by atoms with Gasteiger partial charge in [-0.3, -0.25) is 9.59 Å². The van der Waals surface area contributed by atoms with Crippen LogP contribution in [0.3, 0.4) is 0 Å². The largest absolute Gasteiger partial charge is 0.491 e. The quantitative estimate of drug-likeness (QED) is 0.669. The molecule has 7 heteroatoms. The molecule has 0 aliphatic carbocycles. The van der Waals surface area contributed by atoms with Crippen LogP contribution >= 0.6 is 0 Å². The molecule has 25 heavy (non-hydrogen) atoms. The van der Waals surface area contributed by atoms with Crippen LogP contribution in [0.5, 0.6) is 5.75 Å². The first-order valence-corrected chi connectivity index (χ1v) is 7.84. The first-order valence-electron chi connectivity index (χ1n) is 7.84. The summed E-state index contributed by atoms with van der Waals surface area (Å²) in [5.41, 5.74) is 2.02. The Labute approximate surface area is 145 Å². The van der Waals surface area contributed by atoms with Crippen LogP contribution in [-0.2, 0) is 0 Å². The Kier molecular flexibility index (Phi) is 5.93. The summed E-state index contributed by atoms with van der Waals surface area (Å²) in [5.74, 6) is -0.470.